The summed E-state index contributed by atoms with van der Waals surface area (Å²) in [5.74, 6) is 0. The normalized spacial score (nSPS) is 26.6. The maximum Gasteiger partial charge on any atom is 0.0449 e. The molecule has 1 aromatic carbocycles. The lowest BCUT2D eigenvalue weighted by molar-refractivity contribution is 0.241. The zero-order valence-corrected chi connectivity index (χ0v) is 11.8. The van der Waals surface area contributed by atoms with Crippen LogP contribution in [0.5, 0.6) is 0 Å². The smallest absolute Gasteiger partial charge is 0.0449 e. The van der Waals surface area contributed by atoms with Gasteiger partial charge in [0.25, 0.3) is 0 Å². The van der Waals surface area contributed by atoms with E-state index in [1.807, 2.05) is 0 Å². The summed E-state index contributed by atoms with van der Waals surface area (Å²) in [6.45, 7) is 5.93. The van der Waals surface area contributed by atoms with E-state index in [4.69, 9.17) is 0 Å². The van der Waals surface area contributed by atoms with Crippen LogP contribution in [0.2, 0.25) is 0 Å². The van der Waals surface area contributed by atoms with Crippen LogP contribution in [0, 0.1) is 0 Å². The van der Waals surface area contributed by atoms with Gasteiger partial charge in [-0.05, 0) is 43.0 Å². The van der Waals surface area contributed by atoms with Crippen molar-refractivity contribution in [1.82, 2.24) is 10.2 Å². The van der Waals surface area contributed by atoms with E-state index in [-0.39, 0.29) is 0 Å². The molecule has 19 heavy (non-hydrogen) atoms. The van der Waals surface area contributed by atoms with Crippen molar-refractivity contribution in [2.45, 2.75) is 25.3 Å². The molecule has 0 radical (unpaired) electrons. The summed E-state index contributed by atoms with van der Waals surface area (Å²) in [4.78, 5) is 5.03. The molecule has 3 aliphatic rings. The average Bonchev–Trinajstić information content (AvgIpc) is 2.84. The van der Waals surface area contributed by atoms with Crippen molar-refractivity contribution in [2.75, 3.05) is 44.7 Å². The molecule has 0 spiro atoms. The molecule has 1 atom stereocenters. The van der Waals surface area contributed by atoms with Crippen LogP contribution in [0.3, 0.4) is 0 Å². The van der Waals surface area contributed by atoms with Crippen LogP contribution in [0.1, 0.15) is 29.2 Å². The first-order valence-corrected chi connectivity index (χ1v) is 7.64. The first kappa shape index (κ1) is 11.7. The zero-order valence-electron chi connectivity index (χ0n) is 11.8. The molecule has 0 bridgehead atoms. The summed E-state index contributed by atoms with van der Waals surface area (Å²) >= 11 is 0. The van der Waals surface area contributed by atoms with Crippen LogP contribution in [0.15, 0.2) is 12.1 Å². The quantitative estimate of drug-likeness (QED) is 0.824. The van der Waals surface area contributed by atoms with E-state index >= 15 is 0 Å². The Bertz CT molecular complexity index is 497. The van der Waals surface area contributed by atoms with Gasteiger partial charge in [0.1, 0.15) is 0 Å². The van der Waals surface area contributed by atoms with Gasteiger partial charge in [-0.15, -0.1) is 0 Å². The molecule has 4 rings (SSSR count). The van der Waals surface area contributed by atoms with E-state index in [2.05, 4.69) is 34.3 Å². The fraction of sp³-hybridized carbons (Fsp3) is 0.625. The number of hydrogen-bond donors (Lipinski definition) is 1. The Kier molecular flexibility index (Phi) is 2.78. The van der Waals surface area contributed by atoms with E-state index < -0.39 is 0 Å². The molecule has 0 aromatic heterocycles. The third-order valence-corrected chi connectivity index (χ3v) is 4.91. The van der Waals surface area contributed by atoms with Crippen LogP contribution in [0.25, 0.3) is 0 Å². The zero-order chi connectivity index (χ0) is 12.8. The van der Waals surface area contributed by atoms with E-state index in [0.717, 1.165) is 13.1 Å². The lowest BCUT2D eigenvalue weighted by Crippen LogP contribution is -2.43. The van der Waals surface area contributed by atoms with Gasteiger partial charge in [0, 0.05) is 44.5 Å². The van der Waals surface area contributed by atoms with Crippen molar-refractivity contribution in [3.05, 3.63) is 28.8 Å². The second-order valence-corrected chi connectivity index (χ2v) is 6.30. The SMILES string of the molecule is CN1CCNC(c2cc3c4c(c2)CCN4CCC3)C1. The highest BCUT2D eigenvalue weighted by molar-refractivity contribution is 5.66. The van der Waals surface area contributed by atoms with Gasteiger partial charge in [0.2, 0.25) is 0 Å². The molecule has 102 valence electrons. The third kappa shape index (κ3) is 1.96. The number of anilines is 1. The Balaban J connectivity index is 1.70. The summed E-state index contributed by atoms with van der Waals surface area (Å²) in [6, 6.07) is 5.48. The number of benzene rings is 1. The summed E-state index contributed by atoms with van der Waals surface area (Å²) in [5, 5.41) is 3.68. The molecule has 0 aliphatic carbocycles. The minimum atomic E-state index is 0.524. The standard InChI is InChI=1S/C16H23N3/c1-18-8-5-17-15(11-18)14-9-12-3-2-6-19-7-4-13(10-14)16(12)19/h9-10,15,17H,2-8,11H2,1H3. The molecule has 3 heterocycles. The van der Waals surface area contributed by atoms with Crippen LogP contribution in [0.4, 0.5) is 5.69 Å². The number of nitrogens with zero attached hydrogens (tertiary/aromatic N) is 2. The Labute approximate surface area is 115 Å². The highest BCUT2D eigenvalue weighted by Crippen LogP contribution is 2.38. The van der Waals surface area contributed by atoms with E-state index in [0.29, 0.717) is 6.04 Å². The van der Waals surface area contributed by atoms with Gasteiger partial charge in [-0.2, -0.15) is 0 Å². The first-order chi connectivity index (χ1) is 9.31. The Morgan fingerprint density at radius 1 is 1.11 bits per heavy atom. The van der Waals surface area contributed by atoms with Crippen LogP contribution >= 0.6 is 0 Å². The summed E-state index contributed by atoms with van der Waals surface area (Å²) < 4.78 is 0. The number of nitrogens with one attached hydrogen (secondary N) is 1. The first-order valence-electron chi connectivity index (χ1n) is 7.64. The molecule has 3 aliphatic heterocycles. The van der Waals surface area contributed by atoms with E-state index in [1.54, 1.807) is 16.8 Å². The van der Waals surface area contributed by atoms with Crippen LogP contribution in [-0.2, 0) is 12.8 Å². The largest absolute Gasteiger partial charge is 0.371 e. The van der Waals surface area contributed by atoms with Gasteiger partial charge in [-0.3, -0.25) is 0 Å². The minimum absolute atomic E-state index is 0.524. The number of likely N-dealkylation sites (N-methyl/N-ethyl adjacent to an activating group) is 1. The fourth-order valence-corrected chi connectivity index (χ4v) is 3.95. The highest BCUT2D eigenvalue weighted by atomic mass is 15.2. The lowest BCUT2D eigenvalue weighted by Gasteiger charge is -2.33. The van der Waals surface area contributed by atoms with Crippen molar-refractivity contribution in [2.24, 2.45) is 0 Å². The molecule has 3 heteroatoms. The molecular weight excluding hydrogens is 234 g/mol. The van der Waals surface area contributed by atoms with Crippen LogP contribution in [-0.4, -0.2) is 44.7 Å². The Hall–Kier alpha value is -1.06. The second kappa shape index (κ2) is 4.50. The Morgan fingerprint density at radius 2 is 1.95 bits per heavy atom. The van der Waals surface area contributed by atoms with E-state index in [1.165, 1.54) is 44.5 Å². The molecule has 0 amide bonds. The predicted octanol–water partition coefficient (Wildman–Crippen LogP) is 1.57. The molecular formula is C16H23N3. The van der Waals surface area contributed by atoms with Gasteiger partial charge in [-0.1, -0.05) is 12.1 Å². The van der Waals surface area contributed by atoms with Gasteiger partial charge in [-0.25, -0.2) is 0 Å². The lowest BCUT2D eigenvalue weighted by atomic mass is 9.93. The molecule has 1 unspecified atom stereocenters. The van der Waals surface area contributed by atoms with Crippen LogP contribution < -0.4 is 10.2 Å². The molecule has 1 aromatic rings. The minimum Gasteiger partial charge on any atom is -0.371 e. The van der Waals surface area contributed by atoms with Crippen molar-refractivity contribution < 1.29 is 0 Å². The van der Waals surface area contributed by atoms with Gasteiger partial charge >= 0.3 is 0 Å². The Morgan fingerprint density at radius 3 is 2.79 bits per heavy atom. The van der Waals surface area contributed by atoms with Crippen molar-refractivity contribution >= 4 is 5.69 Å². The molecule has 1 saturated heterocycles. The molecule has 1 fully saturated rings. The maximum absolute atomic E-state index is 3.68. The van der Waals surface area contributed by atoms with Gasteiger partial charge in [0.05, 0.1) is 0 Å². The van der Waals surface area contributed by atoms with Crippen molar-refractivity contribution in [3.63, 3.8) is 0 Å². The number of rotatable bonds is 1. The number of hydrogen-bond acceptors (Lipinski definition) is 3. The molecule has 3 nitrogen and oxygen atoms in total. The van der Waals surface area contributed by atoms with E-state index in [9.17, 15) is 0 Å². The van der Waals surface area contributed by atoms with Gasteiger partial charge < -0.3 is 15.1 Å². The number of piperazine rings is 1. The average molecular weight is 257 g/mol. The van der Waals surface area contributed by atoms with Gasteiger partial charge in [0.15, 0.2) is 0 Å². The predicted molar refractivity (Wildman–Crippen MR) is 78.9 cm³/mol. The fourth-order valence-electron chi connectivity index (χ4n) is 3.95. The molecule has 1 N–H and O–H groups in total. The summed E-state index contributed by atoms with van der Waals surface area (Å²) in [5.41, 5.74) is 6.30. The summed E-state index contributed by atoms with van der Waals surface area (Å²) in [7, 11) is 2.23. The summed E-state index contributed by atoms with van der Waals surface area (Å²) in [6.07, 6.45) is 3.85. The monoisotopic (exact) mass is 257 g/mol. The van der Waals surface area contributed by atoms with Crippen molar-refractivity contribution in [3.8, 4) is 0 Å². The maximum atomic E-state index is 3.68. The van der Waals surface area contributed by atoms with Crippen molar-refractivity contribution in [1.29, 1.82) is 0 Å². The third-order valence-electron chi connectivity index (χ3n) is 4.91. The molecule has 0 saturated carbocycles. The highest BCUT2D eigenvalue weighted by Gasteiger charge is 2.28. The topological polar surface area (TPSA) is 18.5 Å². The second-order valence-electron chi connectivity index (χ2n) is 6.30. The number of aryl methyl sites for hydroxylation is 1.